The van der Waals surface area contributed by atoms with E-state index in [1.54, 1.807) is 0 Å². The van der Waals surface area contributed by atoms with Crippen molar-refractivity contribution in [1.29, 1.82) is 0 Å². The Bertz CT molecular complexity index is 1510. The maximum Gasteiger partial charge on any atom is 0.331 e. The minimum absolute atomic E-state index is 0. The second-order valence-electron chi connectivity index (χ2n) is 20.6. The Hall–Kier alpha value is -2.32. The topological polar surface area (TPSA) is 118 Å². The van der Waals surface area contributed by atoms with E-state index < -0.39 is 22.7 Å². The largest absolute Gasteiger partial charge is 0.459 e. The van der Waals surface area contributed by atoms with Gasteiger partial charge >= 0.3 is 17.9 Å². The lowest BCUT2D eigenvalue weighted by Gasteiger charge is -2.47. The first kappa shape index (κ1) is 54.7. The first-order valence-corrected chi connectivity index (χ1v) is 26.8. The first-order chi connectivity index (χ1) is 25.6. The lowest BCUT2D eigenvalue weighted by molar-refractivity contribution is -0.171. The number of aliphatic hydroxyl groups is 1. The van der Waals surface area contributed by atoms with Crippen LogP contribution >= 0.6 is 0 Å². The molecule has 0 bridgehead atoms. The Morgan fingerprint density at radius 3 is 1.34 bits per heavy atom. The Morgan fingerprint density at radius 1 is 0.593 bits per heavy atom. The van der Waals surface area contributed by atoms with Gasteiger partial charge in [-0.05, 0) is 112 Å². The fraction of sp³-hybridized carbons (Fsp3) is 0.771. The quantitative estimate of drug-likeness (QED) is 0.128. The SMILES string of the molecule is C.C.C.CC1=CC[C@@H]2C(C)=CC(=O)O[C@H]2[C@@H]1O.CC1=CC[C@H]2[C@@H](OC(=O)C[C@@H]2C)[C@@H]1O[Si](C)(C)C(C)(C)C.CC1=CC[C@H]2[C@@H](OC(=O)C[C@H]2C)[C@@H]1O[Si](C)(C)C(C)(C)C. The van der Waals surface area contributed by atoms with Gasteiger partial charge < -0.3 is 28.2 Å². The molecule has 11 heteroatoms. The van der Waals surface area contributed by atoms with Crippen molar-refractivity contribution in [2.24, 2.45) is 29.6 Å². The third-order valence-electron chi connectivity index (χ3n) is 14.2. The number of rotatable bonds is 4. The average Bonchev–Trinajstić information content (AvgIpc) is 3.05. The number of hydrogen-bond donors (Lipinski definition) is 1. The van der Waals surface area contributed by atoms with Crippen LogP contribution in [0.3, 0.4) is 0 Å². The highest BCUT2D eigenvalue weighted by molar-refractivity contribution is 6.74. The number of fused-ring (bicyclic) bond motifs is 3. The summed E-state index contributed by atoms with van der Waals surface area (Å²) < 4.78 is 29.8. The van der Waals surface area contributed by atoms with E-state index in [2.05, 4.69) is 108 Å². The van der Waals surface area contributed by atoms with Crippen LogP contribution in [0.1, 0.15) is 137 Å². The van der Waals surface area contributed by atoms with Gasteiger partial charge in [-0.1, -0.05) is 101 Å². The lowest BCUT2D eigenvalue weighted by Crippen LogP contribution is -2.54. The fourth-order valence-corrected chi connectivity index (χ4v) is 10.8. The Balaban J connectivity index is 0.000000440. The number of carbonyl (C=O) groups is 3. The number of ether oxygens (including phenoxy) is 3. The van der Waals surface area contributed by atoms with Gasteiger partial charge in [0, 0.05) is 36.7 Å². The Kier molecular flexibility index (Phi) is 19.2. The van der Waals surface area contributed by atoms with E-state index in [1.165, 1.54) is 17.2 Å². The molecule has 0 saturated carbocycles. The highest BCUT2D eigenvalue weighted by Gasteiger charge is 2.49. The maximum atomic E-state index is 11.9. The smallest absolute Gasteiger partial charge is 0.331 e. The van der Waals surface area contributed by atoms with Crippen molar-refractivity contribution in [3.63, 3.8) is 0 Å². The zero-order chi connectivity index (χ0) is 42.3. The summed E-state index contributed by atoms with van der Waals surface area (Å²) in [5.74, 6) is 1.26. The molecule has 3 aliphatic carbocycles. The molecule has 0 unspecified atom stereocenters. The highest BCUT2D eigenvalue weighted by Crippen LogP contribution is 2.45. The van der Waals surface area contributed by atoms with Gasteiger partial charge in [0.25, 0.3) is 0 Å². The number of allylic oxidation sites excluding steroid dienone is 3. The molecule has 0 spiro atoms. The standard InChI is InChI=1S/2C17H30O3Si.C11H14O3.3CH4/c2*1-11-8-9-13-12(2)10-14(18)19-16(13)15(11)20-21(6,7)17(3,4)5;1-6-3-4-8-7(2)5-9(12)14-11(8)10(6)13;;;/h2*8,12-13,15-16H,9-10H2,1-7H3;3,5,8,10-11,13H,4H2,1-2H3;3*1H4/t12-,13+,15+,16+;12-,13-,15-,16-;8-,10-,11-;;;/m011.../s1. The summed E-state index contributed by atoms with van der Waals surface area (Å²) in [6, 6.07) is 0. The molecule has 2 saturated heterocycles. The molecule has 0 radical (unpaired) electrons. The van der Waals surface area contributed by atoms with Gasteiger partial charge in [0.05, 0.1) is 0 Å². The fourth-order valence-electron chi connectivity index (χ4n) is 8.16. The summed E-state index contributed by atoms with van der Waals surface area (Å²) in [4.78, 5) is 34.9. The van der Waals surface area contributed by atoms with Crippen LogP contribution in [-0.4, -0.2) is 76.3 Å². The van der Waals surface area contributed by atoms with Crippen LogP contribution in [0.4, 0.5) is 0 Å². The van der Waals surface area contributed by atoms with Gasteiger partial charge in [0.1, 0.15) is 36.6 Å². The van der Waals surface area contributed by atoms with Gasteiger partial charge in [-0.15, -0.1) is 0 Å². The molecular formula is C48H86O9Si2. The zero-order valence-electron chi connectivity index (χ0n) is 37.4. The van der Waals surface area contributed by atoms with Gasteiger partial charge in [-0.25, -0.2) is 4.79 Å². The van der Waals surface area contributed by atoms with Crippen LogP contribution in [0, 0.1) is 29.6 Å². The molecule has 11 atom stereocenters. The van der Waals surface area contributed by atoms with E-state index in [-0.39, 0.29) is 86.7 Å². The second-order valence-corrected chi connectivity index (χ2v) is 30.1. The molecular weight excluding hydrogens is 777 g/mol. The summed E-state index contributed by atoms with van der Waals surface area (Å²) in [5.41, 5.74) is 4.36. The molecule has 0 aromatic carbocycles. The summed E-state index contributed by atoms with van der Waals surface area (Å²) in [5, 5.41) is 10.2. The van der Waals surface area contributed by atoms with Crippen molar-refractivity contribution < 1.29 is 42.6 Å². The third-order valence-corrected chi connectivity index (χ3v) is 23.2. The van der Waals surface area contributed by atoms with Crippen molar-refractivity contribution >= 4 is 34.5 Å². The number of esters is 3. The molecule has 6 aliphatic rings. The molecule has 9 nitrogen and oxygen atoms in total. The van der Waals surface area contributed by atoms with Crippen molar-refractivity contribution in [3.05, 3.63) is 46.6 Å². The predicted octanol–water partition coefficient (Wildman–Crippen LogP) is 11.7. The molecule has 340 valence electrons. The molecule has 0 aromatic rings. The normalized spacial score (nSPS) is 33.0. The minimum atomic E-state index is -1.89. The van der Waals surface area contributed by atoms with Crippen LogP contribution in [0.5, 0.6) is 0 Å². The summed E-state index contributed by atoms with van der Waals surface area (Å²) in [7, 11) is -3.77. The Morgan fingerprint density at radius 2 is 0.966 bits per heavy atom. The van der Waals surface area contributed by atoms with Crippen molar-refractivity contribution in [2.75, 3.05) is 0 Å². The number of aliphatic hydroxyl groups excluding tert-OH is 1. The highest BCUT2D eigenvalue weighted by atomic mass is 28.4. The molecule has 3 aliphatic heterocycles. The van der Waals surface area contributed by atoms with Gasteiger partial charge in [-0.2, -0.15) is 0 Å². The summed E-state index contributed by atoms with van der Waals surface area (Å²) in [6.07, 6.45) is 10.7. The molecule has 0 amide bonds. The molecule has 1 N–H and O–H groups in total. The van der Waals surface area contributed by atoms with E-state index in [9.17, 15) is 19.5 Å². The van der Waals surface area contributed by atoms with Gasteiger partial charge in [0.2, 0.25) is 0 Å². The van der Waals surface area contributed by atoms with E-state index in [0.717, 1.165) is 30.4 Å². The van der Waals surface area contributed by atoms with Crippen molar-refractivity contribution in [3.8, 4) is 0 Å². The van der Waals surface area contributed by atoms with Crippen LogP contribution < -0.4 is 0 Å². The van der Waals surface area contributed by atoms with Crippen LogP contribution in [0.2, 0.25) is 36.3 Å². The summed E-state index contributed by atoms with van der Waals surface area (Å²) in [6.45, 7) is 34.8. The summed E-state index contributed by atoms with van der Waals surface area (Å²) >= 11 is 0. The van der Waals surface area contributed by atoms with E-state index in [0.29, 0.717) is 36.5 Å². The third kappa shape index (κ3) is 12.6. The number of hydrogen-bond acceptors (Lipinski definition) is 9. The van der Waals surface area contributed by atoms with E-state index >= 15 is 0 Å². The lowest BCUT2D eigenvalue weighted by atomic mass is 9.75. The molecule has 2 fully saturated rings. The molecule has 59 heavy (non-hydrogen) atoms. The van der Waals surface area contributed by atoms with E-state index in [4.69, 9.17) is 23.1 Å². The van der Waals surface area contributed by atoms with Gasteiger partial charge in [-0.3, -0.25) is 9.59 Å². The monoisotopic (exact) mass is 863 g/mol. The van der Waals surface area contributed by atoms with Gasteiger partial charge in [0.15, 0.2) is 16.6 Å². The maximum absolute atomic E-state index is 11.9. The van der Waals surface area contributed by atoms with Crippen LogP contribution in [0.25, 0.3) is 0 Å². The van der Waals surface area contributed by atoms with E-state index in [1.807, 2.05) is 19.9 Å². The molecule has 0 aromatic heterocycles. The average molecular weight is 863 g/mol. The predicted molar refractivity (Wildman–Crippen MR) is 247 cm³/mol. The van der Waals surface area contributed by atoms with Crippen LogP contribution in [0.15, 0.2) is 46.6 Å². The molecule has 3 heterocycles. The van der Waals surface area contributed by atoms with Crippen molar-refractivity contribution in [2.45, 2.75) is 210 Å². The minimum Gasteiger partial charge on any atom is -0.459 e. The second kappa shape index (κ2) is 20.7. The Labute approximate surface area is 362 Å². The van der Waals surface area contributed by atoms with Crippen LogP contribution in [-0.2, 0) is 37.4 Å². The molecule has 6 rings (SSSR count). The first-order valence-electron chi connectivity index (χ1n) is 21.0. The number of carbonyl (C=O) groups excluding carboxylic acids is 3. The van der Waals surface area contributed by atoms with Crippen molar-refractivity contribution in [1.82, 2.24) is 0 Å². The zero-order valence-corrected chi connectivity index (χ0v) is 39.4.